The maximum atomic E-state index is 12.0. The molecule has 3 N–H and O–H groups in total. The lowest BCUT2D eigenvalue weighted by Crippen LogP contribution is -2.23. The number of nitrogens with zero attached hydrogens (tertiary/aromatic N) is 1. The Labute approximate surface area is 123 Å². The fourth-order valence-corrected chi connectivity index (χ4v) is 2.03. The molecule has 2 aromatic rings. The van der Waals surface area contributed by atoms with E-state index in [4.69, 9.17) is 17.3 Å². The molecule has 0 aliphatic heterocycles. The lowest BCUT2D eigenvalue weighted by molar-refractivity contribution is 0.0951. The summed E-state index contributed by atoms with van der Waals surface area (Å²) in [5.74, 6) is -0.205. The Kier molecular flexibility index (Phi) is 5.09. The van der Waals surface area contributed by atoms with Crippen LogP contribution in [0.1, 0.15) is 21.5 Å². The summed E-state index contributed by atoms with van der Waals surface area (Å²) in [7, 11) is 0. The molecule has 2 rings (SSSR count). The first kappa shape index (κ1) is 14.5. The van der Waals surface area contributed by atoms with Crippen molar-refractivity contribution in [2.75, 3.05) is 6.54 Å². The van der Waals surface area contributed by atoms with E-state index in [9.17, 15) is 4.79 Å². The van der Waals surface area contributed by atoms with E-state index >= 15 is 0 Å². The highest BCUT2D eigenvalue weighted by atomic mass is 35.5. The van der Waals surface area contributed by atoms with Gasteiger partial charge in [0.1, 0.15) is 0 Å². The molecule has 1 amide bonds. The normalized spacial score (nSPS) is 10.3. The second kappa shape index (κ2) is 7.03. The van der Waals surface area contributed by atoms with Gasteiger partial charge in [0, 0.05) is 18.9 Å². The molecule has 104 valence electrons. The Balaban J connectivity index is 1.95. The zero-order valence-electron chi connectivity index (χ0n) is 11.0. The number of nitrogens with two attached hydrogens (primary N) is 1. The third-order valence-corrected chi connectivity index (χ3v) is 3.23. The number of nitrogens with one attached hydrogen (secondary N) is 1. The van der Waals surface area contributed by atoms with Crippen molar-refractivity contribution in [2.45, 2.75) is 13.0 Å². The fraction of sp³-hybridized carbons (Fsp3) is 0.200. The van der Waals surface area contributed by atoms with Crippen molar-refractivity contribution in [3.05, 3.63) is 64.4 Å². The molecule has 0 fully saturated rings. The summed E-state index contributed by atoms with van der Waals surface area (Å²) < 4.78 is 0. The molecular weight excluding hydrogens is 274 g/mol. The molecule has 4 nitrogen and oxygen atoms in total. The summed E-state index contributed by atoms with van der Waals surface area (Å²) >= 11 is 5.92. The number of rotatable bonds is 5. The van der Waals surface area contributed by atoms with Crippen LogP contribution in [0.25, 0.3) is 0 Å². The molecule has 0 bridgehead atoms. The molecule has 0 spiro atoms. The fourth-order valence-electron chi connectivity index (χ4n) is 1.83. The molecule has 0 aliphatic carbocycles. The van der Waals surface area contributed by atoms with Gasteiger partial charge in [-0.1, -0.05) is 35.9 Å². The summed E-state index contributed by atoms with van der Waals surface area (Å²) in [6.45, 7) is 1.09. The lowest BCUT2D eigenvalue weighted by atomic mass is 10.1. The number of benzene rings is 1. The van der Waals surface area contributed by atoms with E-state index in [-0.39, 0.29) is 5.91 Å². The largest absolute Gasteiger partial charge is 0.348 e. The summed E-state index contributed by atoms with van der Waals surface area (Å²) in [5, 5.41) is 3.18. The minimum absolute atomic E-state index is 0.205. The van der Waals surface area contributed by atoms with Gasteiger partial charge < -0.3 is 11.1 Å². The van der Waals surface area contributed by atoms with Crippen LogP contribution in [0.4, 0.5) is 0 Å². The molecule has 20 heavy (non-hydrogen) atoms. The number of halogens is 1. The first-order chi connectivity index (χ1) is 9.70. The number of pyridine rings is 1. The smallest absolute Gasteiger partial charge is 0.253 e. The van der Waals surface area contributed by atoms with Crippen LogP contribution in [0.5, 0.6) is 0 Å². The Bertz CT molecular complexity index is 584. The number of hydrogen-bond acceptors (Lipinski definition) is 3. The molecule has 1 aromatic heterocycles. The van der Waals surface area contributed by atoms with Crippen LogP contribution in [-0.4, -0.2) is 17.4 Å². The summed E-state index contributed by atoms with van der Waals surface area (Å²) in [4.78, 5) is 15.8. The van der Waals surface area contributed by atoms with Crippen LogP contribution in [0, 0.1) is 0 Å². The van der Waals surface area contributed by atoms with Crippen LogP contribution < -0.4 is 11.1 Å². The van der Waals surface area contributed by atoms with Gasteiger partial charge in [0.25, 0.3) is 5.91 Å². The molecule has 1 aromatic carbocycles. The highest BCUT2D eigenvalue weighted by molar-refractivity contribution is 6.33. The quantitative estimate of drug-likeness (QED) is 0.886. The highest BCUT2D eigenvalue weighted by Crippen LogP contribution is 2.13. The third kappa shape index (κ3) is 3.79. The van der Waals surface area contributed by atoms with Gasteiger partial charge in [-0.2, -0.15) is 0 Å². The molecule has 0 radical (unpaired) electrons. The Hall–Kier alpha value is -1.91. The third-order valence-electron chi connectivity index (χ3n) is 2.93. The zero-order chi connectivity index (χ0) is 14.4. The molecule has 1 heterocycles. The molecule has 0 saturated carbocycles. The van der Waals surface area contributed by atoms with Crippen LogP contribution in [0.3, 0.4) is 0 Å². The second-order valence-corrected chi connectivity index (χ2v) is 4.80. The highest BCUT2D eigenvalue weighted by Gasteiger charge is 2.09. The average Bonchev–Trinajstić information content (AvgIpc) is 2.47. The second-order valence-electron chi connectivity index (χ2n) is 4.39. The molecule has 0 atom stereocenters. The number of carbonyl (C=O) groups excluding carboxylic acids is 1. The van der Waals surface area contributed by atoms with Gasteiger partial charge in [-0.05, 0) is 30.2 Å². The number of amides is 1. The Morgan fingerprint density at radius 2 is 1.90 bits per heavy atom. The molecule has 0 saturated heterocycles. The van der Waals surface area contributed by atoms with Gasteiger partial charge in [-0.3, -0.25) is 9.78 Å². The number of carbonyl (C=O) groups is 1. The van der Waals surface area contributed by atoms with Crippen molar-refractivity contribution in [3.63, 3.8) is 0 Å². The number of hydrogen-bond donors (Lipinski definition) is 2. The maximum Gasteiger partial charge on any atom is 0.253 e. The van der Waals surface area contributed by atoms with Gasteiger partial charge >= 0.3 is 0 Å². The molecule has 5 heteroatoms. The van der Waals surface area contributed by atoms with Crippen LogP contribution in [0.2, 0.25) is 5.02 Å². The minimum Gasteiger partial charge on any atom is -0.348 e. The predicted octanol–water partition coefficient (Wildman–Crippen LogP) is 2.17. The van der Waals surface area contributed by atoms with Crippen LogP contribution >= 0.6 is 11.6 Å². The zero-order valence-corrected chi connectivity index (χ0v) is 11.7. The van der Waals surface area contributed by atoms with E-state index in [1.165, 1.54) is 11.8 Å². The van der Waals surface area contributed by atoms with E-state index < -0.39 is 0 Å². The number of aromatic nitrogens is 1. The first-order valence-corrected chi connectivity index (χ1v) is 6.74. The first-order valence-electron chi connectivity index (χ1n) is 6.36. The van der Waals surface area contributed by atoms with Gasteiger partial charge in [-0.25, -0.2) is 0 Å². The van der Waals surface area contributed by atoms with Gasteiger partial charge in [0.05, 0.1) is 10.6 Å². The standard InChI is InChI=1S/C15H16ClN3O/c16-14-10-18-8-6-13(14)15(20)19-9-12-3-1-11(2-4-12)5-7-17/h1-4,6,8,10H,5,7,9,17H2,(H,19,20). The van der Waals surface area contributed by atoms with Crippen molar-refractivity contribution in [1.82, 2.24) is 10.3 Å². The van der Waals surface area contributed by atoms with E-state index in [0.29, 0.717) is 23.7 Å². The van der Waals surface area contributed by atoms with Crippen LogP contribution in [-0.2, 0) is 13.0 Å². The molecular formula is C15H16ClN3O. The summed E-state index contributed by atoms with van der Waals surface area (Å²) in [5.41, 5.74) is 8.16. The van der Waals surface area contributed by atoms with Gasteiger partial charge in [0.15, 0.2) is 0 Å². The SMILES string of the molecule is NCCc1ccc(CNC(=O)c2ccncc2Cl)cc1. The van der Waals surface area contributed by atoms with Crippen molar-refractivity contribution < 1.29 is 4.79 Å². The summed E-state index contributed by atoms with van der Waals surface area (Å²) in [6, 6.07) is 9.61. The molecule has 0 unspecified atom stereocenters. The minimum atomic E-state index is -0.205. The monoisotopic (exact) mass is 289 g/mol. The van der Waals surface area contributed by atoms with Crippen LogP contribution in [0.15, 0.2) is 42.7 Å². The van der Waals surface area contributed by atoms with Gasteiger partial charge in [0.2, 0.25) is 0 Å². The van der Waals surface area contributed by atoms with Crippen molar-refractivity contribution in [2.24, 2.45) is 5.73 Å². The van der Waals surface area contributed by atoms with E-state index in [0.717, 1.165) is 12.0 Å². The topological polar surface area (TPSA) is 68.0 Å². The van der Waals surface area contributed by atoms with Crippen molar-refractivity contribution >= 4 is 17.5 Å². The van der Waals surface area contributed by atoms with Crippen molar-refractivity contribution in [1.29, 1.82) is 0 Å². The lowest BCUT2D eigenvalue weighted by Gasteiger charge is -2.07. The maximum absolute atomic E-state index is 12.0. The van der Waals surface area contributed by atoms with E-state index in [2.05, 4.69) is 10.3 Å². The van der Waals surface area contributed by atoms with Crippen molar-refractivity contribution in [3.8, 4) is 0 Å². The molecule has 0 aliphatic rings. The Morgan fingerprint density at radius 3 is 2.55 bits per heavy atom. The van der Waals surface area contributed by atoms with E-state index in [1.807, 2.05) is 24.3 Å². The van der Waals surface area contributed by atoms with Gasteiger partial charge in [-0.15, -0.1) is 0 Å². The average molecular weight is 290 g/mol. The predicted molar refractivity (Wildman–Crippen MR) is 79.6 cm³/mol. The Morgan fingerprint density at radius 1 is 1.20 bits per heavy atom. The van der Waals surface area contributed by atoms with E-state index in [1.54, 1.807) is 12.3 Å². The summed E-state index contributed by atoms with van der Waals surface area (Å²) in [6.07, 6.45) is 3.86.